The fourth-order valence-corrected chi connectivity index (χ4v) is 6.29. The molecule has 0 radical (unpaired) electrons. The first-order valence-electron chi connectivity index (χ1n) is 12.1. The van der Waals surface area contributed by atoms with Gasteiger partial charge in [-0.25, -0.2) is 0 Å². The Balaban J connectivity index is 1.83. The lowest BCUT2D eigenvalue weighted by molar-refractivity contribution is -0.0832. The summed E-state index contributed by atoms with van der Waals surface area (Å²) in [5, 5.41) is 0. The Morgan fingerprint density at radius 1 is 0.657 bits per heavy atom. The molecule has 0 saturated carbocycles. The van der Waals surface area contributed by atoms with Crippen molar-refractivity contribution < 1.29 is 14.2 Å². The second-order valence-electron chi connectivity index (χ2n) is 8.00. The lowest BCUT2D eigenvalue weighted by atomic mass is 10.1. The maximum atomic E-state index is 6.61. The smallest absolute Gasteiger partial charge is 0.142 e. The fraction of sp³-hybridized carbons (Fsp3) is 0.333. The van der Waals surface area contributed by atoms with Gasteiger partial charge in [0.1, 0.15) is 24.6 Å². The maximum Gasteiger partial charge on any atom is 0.142 e. The summed E-state index contributed by atoms with van der Waals surface area (Å²) < 4.78 is 19.5. The molecule has 0 amide bonds. The standard InChI is InChI=1S/C30H36O3S2/c1-4-34-30(35-5-2)29(33-23-27-19-13-8-14-20-27)28(32-22-26-17-11-7-12-18-26)24(3)31-21-25-15-9-6-10-16-25/h6-20,28-30H,3-5,21-23H2,1-2H3. The largest absolute Gasteiger partial charge is 0.491 e. The number of hydrogen-bond acceptors (Lipinski definition) is 5. The molecule has 0 saturated heterocycles. The predicted molar refractivity (Wildman–Crippen MR) is 150 cm³/mol. The molecule has 3 nitrogen and oxygen atoms in total. The molecular formula is C30H36O3S2. The van der Waals surface area contributed by atoms with E-state index in [1.54, 1.807) is 0 Å². The third-order valence-corrected chi connectivity index (χ3v) is 8.05. The van der Waals surface area contributed by atoms with E-state index < -0.39 is 6.10 Å². The van der Waals surface area contributed by atoms with Gasteiger partial charge in [-0.2, -0.15) is 0 Å². The van der Waals surface area contributed by atoms with Crippen LogP contribution in [0.5, 0.6) is 0 Å². The normalized spacial score (nSPS) is 12.9. The molecule has 0 aliphatic rings. The average Bonchev–Trinajstić information content (AvgIpc) is 2.91. The van der Waals surface area contributed by atoms with E-state index in [4.69, 9.17) is 14.2 Å². The van der Waals surface area contributed by atoms with Gasteiger partial charge in [0.15, 0.2) is 0 Å². The van der Waals surface area contributed by atoms with Crippen LogP contribution >= 0.6 is 23.5 Å². The molecule has 0 bridgehead atoms. The third kappa shape index (κ3) is 9.42. The summed E-state index contributed by atoms with van der Waals surface area (Å²) in [5.74, 6) is 2.58. The lowest BCUT2D eigenvalue weighted by Gasteiger charge is -2.34. The second kappa shape index (κ2) is 15.7. The zero-order valence-corrected chi connectivity index (χ0v) is 22.3. The molecule has 0 fully saturated rings. The Kier molecular flexibility index (Phi) is 12.3. The molecule has 0 aromatic heterocycles. The molecule has 3 aromatic carbocycles. The molecule has 0 heterocycles. The van der Waals surface area contributed by atoms with Crippen molar-refractivity contribution in [1.82, 2.24) is 0 Å². The summed E-state index contributed by atoms with van der Waals surface area (Å²) in [5.41, 5.74) is 3.34. The van der Waals surface area contributed by atoms with Gasteiger partial charge < -0.3 is 14.2 Å². The Hall–Kier alpha value is -2.18. The molecule has 0 N–H and O–H groups in total. The van der Waals surface area contributed by atoms with Crippen molar-refractivity contribution in [3.8, 4) is 0 Å². The molecule has 2 atom stereocenters. The third-order valence-electron chi connectivity index (χ3n) is 5.37. The first-order valence-corrected chi connectivity index (χ1v) is 14.2. The van der Waals surface area contributed by atoms with Crippen LogP contribution in [0.1, 0.15) is 30.5 Å². The highest BCUT2D eigenvalue weighted by Crippen LogP contribution is 2.34. The van der Waals surface area contributed by atoms with Crippen molar-refractivity contribution in [2.45, 2.75) is 50.5 Å². The van der Waals surface area contributed by atoms with Gasteiger partial charge in [-0.05, 0) is 28.2 Å². The second-order valence-corrected chi connectivity index (χ2v) is 11.1. The van der Waals surface area contributed by atoms with Crippen LogP contribution in [0.15, 0.2) is 103 Å². The predicted octanol–water partition coefficient (Wildman–Crippen LogP) is 7.72. The highest BCUT2D eigenvalue weighted by atomic mass is 32.2. The average molecular weight is 509 g/mol. The van der Waals surface area contributed by atoms with E-state index in [1.165, 1.54) is 0 Å². The minimum absolute atomic E-state index is 0.187. The SMILES string of the molecule is C=C(OCc1ccccc1)C(OCc1ccccc1)C(OCc1ccccc1)C(SCC)SCC. The minimum atomic E-state index is -0.411. The van der Waals surface area contributed by atoms with Gasteiger partial charge in [-0.15, -0.1) is 23.5 Å². The Morgan fingerprint density at radius 2 is 1.09 bits per heavy atom. The van der Waals surface area contributed by atoms with E-state index >= 15 is 0 Å². The molecule has 2 unspecified atom stereocenters. The number of rotatable bonds is 16. The zero-order chi connectivity index (χ0) is 24.7. The highest BCUT2D eigenvalue weighted by Gasteiger charge is 2.35. The van der Waals surface area contributed by atoms with Gasteiger partial charge >= 0.3 is 0 Å². The zero-order valence-electron chi connectivity index (χ0n) is 20.7. The Bertz CT molecular complexity index is 961. The molecule has 0 aliphatic carbocycles. The number of thioether (sulfide) groups is 2. The van der Waals surface area contributed by atoms with Gasteiger partial charge in [0.25, 0.3) is 0 Å². The van der Waals surface area contributed by atoms with Crippen molar-refractivity contribution in [3.05, 3.63) is 120 Å². The number of hydrogen-bond donors (Lipinski definition) is 0. The topological polar surface area (TPSA) is 27.7 Å². The molecule has 0 spiro atoms. The van der Waals surface area contributed by atoms with Crippen LogP contribution < -0.4 is 0 Å². The molecule has 0 aliphatic heterocycles. The highest BCUT2D eigenvalue weighted by molar-refractivity contribution is 8.17. The van der Waals surface area contributed by atoms with Crippen LogP contribution in [0.25, 0.3) is 0 Å². The van der Waals surface area contributed by atoms with Gasteiger partial charge in [0.2, 0.25) is 0 Å². The van der Waals surface area contributed by atoms with Crippen LogP contribution in [0, 0.1) is 0 Å². The number of benzene rings is 3. The Labute approximate surface area is 219 Å². The van der Waals surface area contributed by atoms with E-state index in [-0.39, 0.29) is 10.7 Å². The summed E-state index contributed by atoms with van der Waals surface area (Å²) in [4.78, 5) is 0. The van der Waals surface area contributed by atoms with Crippen LogP contribution in [0.3, 0.4) is 0 Å². The van der Waals surface area contributed by atoms with E-state index in [0.29, 0.717) is 25.6 Å². The van der Waals surface area contributed by atoms with E-state index in [1.807, 2.05) is 78.1 Å². The summed E-state index contributed by atoms with van der Waals surface area (Å²) in [7, 11) is 0. The molecular weight excluding hydrogens is 472 g/mol. The summed E-state index contributed by atoms with van der Waals surface area (Å²) in [6.45, 7) is 10.1. The van der Waals surface area contributed by atoms with E-state index in [2.05, 4.69) is 56.8 Å². The van der Waals surface area contributed by atoms with Crippen LogP contribution in [0.4, 0.5) is 0 Å². The molecule has 186 valence electrons. The maximum absolute atomic E-state index is 6.61. The number of ether oxygens (including phenoxy) is 3. The van der Waals surface area contributed by atoms with Crippen molar-refractivity contribution in [2.75, 3.05) is 11.5 Å². The minimum Gasteiger partial charge on any atom is -0.491 e. The summed E-state index contributed by atoms with van der Waals surface area (Å²) >= 11 is 3.77. The fourth-order valence-electron chi connectivity index (χ4n) is 3.61. The molecule has 3 rings (SSSR count). The van der Waals surface area contributed by atoms with Crippen molar-refractivity contribution in [2.24, 2.45) is 0 Å². The summed E-state index contributed by atoms with van der Waals surface area (Å²) in [6.07, 6.45) is -0.636. The summed E-state index contributed by atoms with van der Waals surface area (Å²) in [6, 6.07) is 30.6. The van der Waals surface area contributed by atoms with Gasteiger partial charge in [-0.1, -0.05) is 111 Å². The van der Waals surface area contributed by atoms with Crippen LogP contribution in [0.2, 0.25) is 0 Å². The Morgan fingerprint density at radius 3 is 1.54 bits per heavy atom. The van der Waals surface area contributed by atoms with Gasteiger partial charge in [-0.3, -0.25) is 0 Å². The van der Waals surface area contributed by atoms with Crippen molar-refractivity contribution in [1.29, 1.82) is 0 Å². The lowest BCUT2D eigenvalue weighted by Crippen LogP contribution is -2.40. The first kappa shape index (κ1) is 27.4. The molecule has 3 aromatic rings. The van der Waals surface area contributed by atoms with Crippen LogP contribution in [-0.4, -0.2) is 28.3 Å². The van der Waals surface area contributed by atoms with E-state index in [0.717, 1.165) is 28.2 Å². The molecule has 35 heavy (non-hydrogen) atoms. The van der Waals surface area contributed by atoms with Crippen molar-refractivity contribution in [3.63, 3.8) is 0 Å². The molecule has 5 heteroatoms. The first-order chi connectivity index (χ1) is 17.2. The quantitative estimate of drug-likeness (QED) is 0.146. The van der Waals surface area contributed by atoms with Gasteiger partial charge in [0, 0.05) is 0 Å². The van der Waals surface area contributed by atoms with Crippen LogP contribution in [-0.2, 0) is 34.0 Å². The van der Waals surface area contributed by atoms with E-state index in [9.17, 15) is 0 Å². The van der Waals surface area contributed by atoms with Crippen molar-refractivity contribution >= 4 is 23.5 Å². The monoisotopic (exact) mass is 508 g/mol. The van der Waals surface area contributed by atoms with Gasteiger partial charge in [0.05, 0.1) is 17.8 Å².